The minimum Gasteiger partial charge on any atom is -0.298 e. The zero-order chi connectivity index (χ0) is 14.0. The summed E-state index contributed by atoms with van der Waals surface area (Å²) < 4.78 is 1.81. The quantitative estimate of drug-likeness (QED) is 0.667. The number of fused-ring (bicyclic) bond motifs is 5. The lowest BCUT2D eigenvalue weighted by Crippen LogP contribution is -2.20. The highest BCUT2D eigenvalue weighted by Gasteiger charge is 2.56. The Morgan fingerprint density at radius 1 is 1.10 bits per heavy atom. The second-order valence-corrected chi connectivity index (χ2v) is 7.35. The second-order valence-electron chi connectivity index (χ2n) is 5.52. The average molecular weight is 394 g/mol. The van der Waals surface area contributed by atoms with Gasteiger partial charge in [-0.1, -0.05) is 56.2 Å². The number of halogens is 2. The number of hydrogen-bond donors (Lipinski definition) is 0. The van der Waals surface area contributed by atoms with E-state index >= 15 is 0 Å². The number of carbonyl (C=O) groups excluding carboxylic acids is 2. The van der Waals surface area contributed by atoms with E-state index in [2.05, 4.69) is 31.9 Å². The molecule has 0 bridgehead atoms. The Bertz CT molecular complexity index is 717. The molecule has 1 aromatic carbocycles. The van der Waals surface area contributed by atoms with Crippen LogP contribution < -0.4 is 0 Å². The molecular formula is C16H10Br2O2. The molecule has 1 saturated carbocycles. The van der Waals surface area contributed by atoms with Gasteiger partial charge in [-0.15, -0.1) is 0 Å². The van der Waals surface area contributed by atoms with Crippen LogP contribution in [0.2, 0.25) is 0 Å². The number of rotatable bonds is 0. The number of Topliss-reactive ketones (excluding diaryl/α,β-unsaturated/α-hetero) is 2. The van der Waals surface area contributed by atoms with Crippen LogP contribution in [0.15, 0.2) is 45.4 Å². The highest BCUT2D eigenvalue weighted by molar-refractivity contribution is 9.12. The summed E-state index contributed by atoms with van der Waals surface area (Å²) in [5.74, 6) is -0.346. The van der Waals surface area contributed by atoms with Gasteiger partial charge in [-0.3, -0.25) is 9.59 Å². The maximum Gasteiger partial charge on any atom is 0.167 e. The standard InChI is InChI=1S/C16H10Br2O2/c17-7-1-3-9-11(5-7)15(19)14-10-4-2-8(18)6-12(10)16(20)13(9)14/h1-6,9,11,13-14H. The first-order valence-electron chi connectivity index (χ1n) is 6.51. The molecule has 3 aliphatic carbocycles. The molecule has 2 nitrogen and oxygen atoms in total. The van der Waals surface area contributed by atoms with Crippen molar-refractivity contribution >= 4 is 43.4 Å². The molecule has 0 saturated heterocycles. The average Bonchev–Trinajstić information content (AvgIpc) is 2.86. The molecule has 20 heavy (non-hydrogen) atoms. The molecule has 0 radical (unpaired) electrons. The Morgan fingerprint density at radius 3 is 2.70 bits per heavy atom. The molecule has 1 aromatic rings. The van der Waals surface area contributed by atoms with E-state index in [4.69, 9.17) is 0 Å². The van der Waals surface area contributed by atoms with Gasteiger partial charge < -0.3 is 0 Å². The van der Waals surface area contributed by atoms with Crippen molar-refractivity contribution in [1.29, 1.82) is 0 Å². The third-order valence-corrected chi connectivity index (χ3v) is 5.58. The number of ketones is 2. The SMILES string of the molecule is O=C1C2C=C(Br)C=CC2C2C(=O)c3cc(Br)ccc3C12. The maximum atomic E-state index is 12.7. The fourth-order valence-corrected chi connectivity index (χ4v) is 4.55. The molecule has 0 N–H and O–H groups in total. The van der Waals surface area contributed by atoms with Crippen LogP contribution in [0, 0.1) is 17.8 Å². The summed E-state index contributed by atoms with van der Waals surface area (Å²) in [6.45, 7) is 0. The van der Waals surface area contributed by atoms with Crippen molar-refractivity contribution in [2.45, 2.75) is 5.92 Å². The van der Waals surface area contributed by atoms with Gasteiger partial charge in [0.25, 0.3) is 0 Å². The summed E-state index contributed by atoms with van der Waals surface area (Å²) in [5, 5.41) is 0. The topological polar surface area (TPSA) is 34.1 Å². The number of carbonyl (C=O) groups is 2. The molecule has 0 amide bonds. The van der Waals surface area contributed by atoms with E-state index in [0.29, 0.717) is 5.56 Å². The van der Waals surface area contributed by atoms with E-state index in [1.54, 1.807) is 0 Å². The summed E-state index contributed by atoms with van der Waals surface area (Å²) in [6.07, 6.45) is 5.90. The molecule has 3 aliphatic rings. The third kappa shape index (κ3) is 1.55. The van der Waals surface area contributed by atoms with Crippen molar-refractivity contribution in [1.82, 2.24) is 0 Å². The zero-order valence-corrected chi connectivity index (χ0v) is 13.5. The van der Waals surface area contributed by atoms with Gasteiger partial charge in [0, 0.05) is 32.3 Å². The fourth-order valence-electron chi connectivity index (χ4n) is 3.75. The van der Waals surface area contributed by atoms with Gasteiger partial charge in [0.05, 0.1) is 5.92 Å². The Labute approximate surface area is 133 Å². The van der Waals surface area contributed by atoms with Gasteiger partial charge in [0.15, 0.2) is 5.78 Å². The van der Waals surface area contributed by atoms with Crippen molar-refractivity contribution in [3.63, 3.8) is 0 Å². The van der Waals surface area contributed by atoms with E-state index in [-0.39, 0.29) is 35.2 Å². The minimum atomic E-state index is -0.264. The van der Waals surface area contributed by atoms with E-state index < -0.39 is 0 Å². The highest BCUT2D eigenvalue weighted by Crippen LogP contribution is 2.54. The zero-order valence-electron chi connectivity index (χ0n) is 10.3. The predicted molar refractivity (Wildman–Crippen MR) is 82.8 cm³/mol. The van der Waals surface area contributed by atoms with Gasteiger partial charge in [0.2, 0.25) is 0 Å². The lowest BCUT2D eigenvalue weighted by atomic mass is 9.84. The van der Waals surface area contributed by atoms with Crippen LogP contribution in [0.5, 0.6) is 0 Å². The van der Waals surface area contributed by atoms with Crippen LogP contribution in [0.4, 0.5) is 0 Å². The van der Waals surface area contributed by atoms with Crippen molar-refractivity contribution in [3.05, 3.63) is 56.5 Å². The Balaban J connectivity index is 1.88. The monoisotopic (exact) mass is 392 g/mol. The fraction of sp³-hybridized carbons (Fsp3) is 0.250. The lowest BCUT2D eigenvalue weighted by Gasteiger charge is -2.19. The number of allylic oxidation sites excluding steroid dienone is 4. The van der Waals surface area contributed by atoms with Crippen LogP contribution in [0.3, 0.4) is 0 Å². The predicted octanol–water partition coefficient (Wildman–Crippen LogP) is 4.01. The van der Waals surface area contributed by atoms with Crippen LogP contribution in [0.25, 0.3) is 0 Å². The molecule has 0 heterocycles. The van der Waals surface area contributed by atoms with E-state index in [9.17, 15) is 9.59 Å². The van der Waals surface area contributed by atoms with Gasteiger partial charge in [-0.05, 0) is 17.7 Å². The largest absolute Gasteiger partial charge is 0.298 e. The van der Waals surface area contributed by atoms with Crippen LogP contribution in [0.1, 0.15) is 21.8 Å². The van der Waals surface area contributed by atoms with E-state index in [1.165, 1.54) is 0 Å². The van der Waals surface area contributed by atoms with Crippen molar-refractivity contribution < 1.29 is 9.59 Å². The molecule has 4 atom stereocenters. The second kappa shape index (κ2) is 4.25. The van der Waals surface area contributed by atoms with Crippen molar-refractivity contribution in [2.75, 3.05) is 0 Å². The molecule has 0 spiro atoms. The van der Waals surface area contributed by atoms with Crippen LogP contribution in [-0.2, 0) is 4.79 Å². The summed E-state index contributed by atoms with van der Waals surface area (Å²) in [4.78, 5) is 25.4. The number of hydrogen-bond acceptors (Lipinski definition) is 2. The van der Waals surface area contributed by atoms with Gasteiger partial charge >= 0.3 is 0 Å². The Kier molecular flexibility index (Phi) is 2.70. The molecule has 100 valence electrons. The normalized spacial score (nSPS) is 33.8. The first kappa shape index (κ1) is 12.7. The molecule has 4 heteroatoms. The van der Waals surface area contributed by atoms with Gasteiger partial charge in [-0.2, -0.15) is 0 Å². The summed E-state index contributed by atoms with van der Waals surface area (Å²) in [7, 11) is 0. The highest BCUT2D eigenvalue weighted by atomic mass is 79.9. The molecular weight excluding hydrogens is 384 g/mol. The summed E-state index contributed by atoms with van der Waals surface area (Å²) in [6, 6.07) is 5.67. The first-order valence-corrected chi connectivity index (χ1v) is 8.09. The van der Waals surface area contributed by atoms with Crippen LogP contribution in [-0.4, -0.2) is 11.6 Å². The van der Waals surface area contributed by atoms with Crippen molar-refractivity contribution in [2.24, 2.45) is 17.8 Å². The number of benzene rings is 1. The van der Waals surface area contributed by atoms with Crippen LogP contribution >= 0.6 is 31.9 Å². The molecule has 4 rings (SSSR count). The Morgan fingerprint density at radius 2 is 1.90 bits per heavy atom. The Hall–Kier alpha value is -1.00. The van der Waals surface area contributed by atoms with E-state index in [0.717, 1.165) is 14.5 Å². The van der Waals surface area contributed by atoms with Crippen molar-refractivity contribution in [3.8, 4) is 0 Å². The van der Waals surface area contributed by atoms with E-state index in [1.807, 2.05) is 36.4 Å². The summed E-state index contributed by atoms with van der Waals surface area (Å²) in [5.41, 5.74) is 1.61. The maximum absolute atomic E-state index is 12.7. The van der Waals surface area contributed by atoms with Gasteiger partial charge in [-0.25, -0.2) is 0 Å². The molecule has 1 fully saturated rings. The third-order valence-electron chi connectivity index (χ3n) is 4.56. The first-order chi connectivity index (χ1) is 9.58. The molecule has 4 unspecified atom stereocenters. The summed E-state index contributed by atoms with van der Waals surface area (Å²) >= 11 is 6.82. The molecule has 0 aromatic heterocycles. The van der Waals surface area contributed by atoms with Gasteiger partial charge in [0.1, 0.15) is 5.78 Å². The lowest BCUT2D eigenvalue weighted by molar-refractivity contribution is -0.121. The smallest absolute Gasteiger partial charge is 0.167 e. The molecule has 0 aliphatic heterocycles. The minimum absolute atomic E-state index is 0.00692.